The summed E-state index contributed by atoms with van der Waals surface area (Å²) in [6, 6.07) is 8.54. The van der Waals surface area contributed by atoms with E-state index < -0.39 is 0 Å². The Hall–Kier alpha value is -2.16. The maximum Gasteiger partial charge on any atom is 0.290 e. The standard InChI is InChI=1S/C23H36N2O2.2CH2O2/c1-18-6-4-9-24(14-18)10-5-11-27-23-8-3-2-7-19(23)15-25-16-20-12-22(26)13-21(20)17-25;2*2-1-3/h2-3,7-8,18,20-22,26H,4-6,9-17H2,1H3;2*1H,(H,2,3)/t18?,20-,21+,22?;;. The first-order chi connectivity index (χ1) is 16.0. The molecule has 1 saturated carbocycles. The van der Waals surface area contributed by atoms with Gasteiger partial charge in [-0.15, -0.1) is 0 Å². The predicted octanol–water partition coefficient (Wildman–Crippen LogP) is 2.79. The lowest BCUT2D eigenvalue weighted by Gasteiger charge is -2.30. The van der Waals surface area contributed by atoms with Crippen molar-refractivity contribution in [2.45, 2.75) is 51.7 Å². The highest BCUT2D eigenvalue weighted by Crippen LogP contribution is 2.39. The summed E-state index contributed by atoms with van der Waals surface area (Å²) in [6.07, 6.45) is 5.77. The van der Waals surface area contributed by atoms with Gasteiger partial charge in [0.1, 0.15) is 5.75 Å². The zero-order chi connectivity index (χ0) is 24.1. The number of aliphatic hydroxyl groups excluding tert-OH is 1. The molecular weight excluding hydrogens is 424 g/mol. The highest BCUT2D eigenvalue weighted by Gasteiger charge is 2.40. The number of nitrogens with zero attached hydrogens (tertiary/aromatic N) is 2. The van der Waals surface area contributed by atoms with Gasteiger partial charge in [-0.3, -0.25) is 14.5 Å². The molecule has 186 valence electrons. The van der Waals surface area contributed by atoms with Crippen LogP contribution in [0.5, 0.6) is 5.75 Å². The van der Waals surface area contributed by atoms with E-state index in [0.717, 1.165) is 63.7 Å². The van der Waals surface area contributed by atoms with E-state index in [2.05, 4.69) is 41.0 Å². The van der Waals surface area contributed by atoms with Crippen LogP contribution in [0.15, 0.2) is 24.3 Å². The lowest BCUT2D eigenvalue weighted by atomic mass is 10.0. The SMILES string of the molecule is CC1CCCN(CCCOc2ccccc2CN2C[C@H]3CC(O)C[C@H]3C2)C1.O=CO.O=CO. The fourth-order valence-corrected chi connectivity index (χ4v) is 5.47. The van der Waals surface area contributed by atoms with Gasteiger partial charge in [-0.2, -0.15) is 0 Å². The van der Waals surface area contributed by atoms with Crippen LogP contribution in [0.1, 0.15) is 44.6 Å². The number of hydrogen-bond donors (Lipinski definition) is 3. The molecule has 8 nitrogen and oxygen atoms in total. The van der Waals surface area contributed by atoms with Crippen LogP contribution in [-0.2, 0) is 16.1 Å². The topological polar surface area (TPSA) is 111 Å². The number of carboxylic acid groups (broad SMARTS) is 2. The second-order valence-corrected chi connectivity index (χ2v) is 9.41. The molecule has 3 aliphatic rings. The Labute approximate surface area is 197 Å². The zero-order valence-corrected chi connectivity index (χ0v) is 19.7. The Bertz CT molecular complexity index is 683. The number of ether oxygens (including phenoxy) is 1. The number of piperidine rings is 1. The van der Waals surface area contributed by atoms with Gasteiger partial charge in [-0.25, -0.2) is 0 Å². The monoisotopic (exact) mass is 464 g/mol. The molecule has 2 unspecified atom stereocenters. The van der Waals surface area contributed by atoms with Crippen molar-refractivity contribution in [3.8, 4) is 5.75 Å². The van der Waals surface area contributed by atoms with E-state index >= 15 is 0 Å². The van der Waals surface area contributed by atoms with Crippen molar-refractivity contribution in [2.75, 3.05) is 39.3 Å². The number of fused-ring (bicyclic) bond motifs is 1. The summed E-state index contributed by atoms with van der Waals surface area (Å²) in [5, 5.41) is 23.6. The number of hydrogen-bond acceptors (Lipinski definition) is 6. The Morgan fingerprint density at radius 3 is 2.30 bits per heavy atom. The molecule has 0 spiro atoms. The lowest BCUT2D eigenvalue weighted by molar-refractivity contribution is -0.123. The normalized spacial score (nSPS) is 26.8. The summed E-state index contributed by atoms with van der Waals surface area (Å²) in [5.41, 5.74) is 1.31. The fraction of sp³-hybridized carbons (Fsp3) is 0.680. The van der Waals surface area contributed by atoms with E-state index in [1.807, 2.05) is 0 Å². The van der Waals surface area contributed by atoms with Crippen molar-refractivity contribution in [3.63, 3.8) is 0 Å². The minimum Gasteiger partial charge on any atom is -0.493 e. The van der Waals surface area contributed by atoms with E-state index in [4.69, 9.17) is 24.5 Å². The van der Waals surface area contributed by atoms with E-state index in [9.17, 15) is 5.11 Å². The average Bonchev–Trinajstić information content (AvgIpc) is 3.30. The second kappa shape index (κ2) is 14.9. The molecule has 4 rings (SSSR count). The Balaban J connectivity index is 0.000000582. The molecule has 33 heavy (non-hydrogen) atoms. The molecule has 8 heteroatoms. The number of carbonyl (C=O) groups is 2. The van der Waals surface area contributed by atoms with Crippen LogP contribution in [0.2, 0.25) is 0 Å². The molecule has 2 heterocycles. The number of benzene rings is 1. The predicted molar refractivity (Wildman–Crippen MR) is 126 cm³/mol. The molecule has 0 amide bonds. The van der Waals surface area contributed by atoms with Gasteiger partial charge in [-0.05, 0) is 62.5 Å². The summed E-state index contributed by atoms with van der Waals surface area (Å²) in [6.45, 7) is 9.57. The van der Waals surface area contributed by atoms with Crippen molar-refractivity contribution in [2.24, 2.45) is 17.8 Å². The maximum atomic E-state index is 9.84. The Morgan fingerprint density at radius 2 is 1.67 bits per heavy atom. The van der Waals surface area contributed by atoms with Gasteiger partial charge in [-0.1, -0.05) is 25.1 Å². The molecule has 1 aliphatic carbocycles. The number of rotatable bonds is 7. The molecule has 2 aliphatic heterocycles. The largest absolute Gasteiger partial charge is 0.493 e. The third-order valence-electron chi connectivity index (χ3n) is 6.79. The molecule has 0 bridgehead atoms. The molecule has 0 aromatic heterocycles. The smallest absolute Gasteiger partial charge is 0.290 e. The Morgan fingerprint density at radius 1 is 1.03 bits per heavy atom. The van der Waals surface area contributed by atoms with Gasteiger partial charge >= 0.3 is 0 Å². The number of likely N-dealkylation sites (tertiary alicyclic amines) is 2. The summed E-state index contributed by atoms with van der Waals surface area (Å²) in [4.78, 5) is 21.9. The van der Waals surface area contributed by atoms with Crippen molar-refractivity contribution >= 4 is 12.9 Å². The van der Waals surface area contributed by atoms with Gasteiger partial charge in [0, 0.05) is 38.3 Å². The van der Waals surface area contributed by atoms with Gasteiger partial charge in [0.15, 0.2) is 0 Å². The number of aliphatic hydroxyl groups is 1. The van der Waals surface area contributed by atoms with Gasteiger partial charge in [0.25, 0.3) is 12.9 Å². The van der Waals surface area contributed by atoms with E-state index in [-0.39, 0.29) is 19.0 Å². The third kappa shape index (κ3) is 9.31. The van der Waals surface area contributed by atoms with Crippen LogP contribution in [0.25, 0.3) is 0 Å². The van der Waals surface area contributed by atoms with Crippen LogP contribution in [-0.4, -0.2) is 83.5 Å². The fourth-order valence-electron chi connectivity index (χ4n) is 5.47. The molecule has 2 saturated heterocycles. The second-order valence-electron chi connectivity index (χ2n) is 9.41. The van der Waals surface area contributed by atoms with Crippen molar-refractivity contribution in [1.82, 2.24) is 9.80 Å². The van der Waals surface area contributed by atoms with Gasteiger partial charge in [0.2, 0.25) is 0 Å². The first-order valence-electron chi connectivity index (χ1n) is 12.0. The number of para-hydroxylation sites is 1. The highest BCUT2D eigenvalue weighted by molar-refractivity contribution is 5.33. The van der Waals surface area contributed by atoms with Crippen LogP contribution < -0.4 is 4.74 Å². The minimum atomic E-state index is -0.250. The maximum absolute atomic E-state index is 9.84. The molecule has 0 radical (unpaired) electrons. The summed E-state index contributed by atoms with van der Waals surface area (Å²) >= 11 is 0. The van der Waals surface area contributed by atoms with Crippen molar-refractivity contribution in [1.29, 1.82) is 0 Å². The molecule has 3 fully saturated rings. The summed E-state index contributed by atoms with van der Waals surface area (Å²) in [7, 11) is 0. The van der Waals surface area contributed by atoms with Crippen LogP contribution in [0, 0.1) is 17.8 Å². The minimum absolute atomic E-state index is 0.0549. The first kappa shape index (κ1) is 27.1. The molecule has 3 N–H and O–H groups in total. The van der Waals surface area contributed by atoms with E-state index in [0.29, 0.717) is 11.8 Å². The average molecular weight is 465 g/mol. The first-order valence-corrected chi connectivity index (χ1v) is 12.0. The molecule has 4 atom stereocenters. The van der Waals surface area contributed by atoms with Gasteiger partial charge in [0.05, 0.1) is 12.7 Å². The molecule has 1 aromatic rings. The molecular formula is C25H40N2O6. The summed E-state index contributed by atoms with van der Waals surface area (Å²) in [5.74, 6) is 3.29. The van der Waals surface area contributed by atoms with Crippen molar-refractivity contribution < 1.29 is 29.6 Å². The quantitative estimate of drug-likeness (QED) is 0.417. The van der Waals surface area contributed by atoms with Crippen LogP contribution in [0.4, 0.5) is 0 Å². The van der Waals surface area contributed by atoms with Gasteiger partial charge < -0.3 is 25.0 Å². The van der Waals surface area contributed by atoms with E-state index in [1.54, 1.807) is 0 Å². The highest BCUT2D eigenvalue weighted by atomic mass is 16.5. The summed E-state index contributed by atoms with van der Waals surface area (Å²) < 4.78 is 6.18. The van der Waals surface area contributed by atoms with Crippen LogP contribution in [0.3, 0.4) is 0 Å². The lowest BCUT2D eigenvalue weighted by Crippen LogP contribution is -2.35. The van der Waals surface area contributed by atoms with Crippen molar-refractivity contribution in [3.05, 3.63) is 29.8 Å². The molecule has 1 aromatic carbocycles. The van der Waals surface area contributed by atoms with E-state index in [1.165, 1.54) is 31.5 Å². The third-order valence-corrected chi connectivity index (χ3v) is 6.79. The van der Waals surface area contributed by atoms with Crippen LogP contribution >= 0.6 is 0 Å². The zero-order valence-electron chi connectivity index (χ0n) is 19.7. The Kier molecular flexibility index (Phi) is 12.2.